The van der Waals surface area contributed by atoms with E-state index in [2.05, 4.69) is 5.32 Å². The molecule has 28 heavy (non-hydrogen) atoms. The van der Waals surface area contributed by atoms with Crippen LogP contribution >= 0.6 is 11.3 Å². The molecule has 0 aliphatic carbocycles. The summed E-state index contributed by atoms with van der Waals surface area (Å²) in [5, 5.41) is 3.06. The van der Waals surface area contributed by atoms with Gasteiger partial charge in [-0.05, 0) is 31.0 Å². The molecule has 0 bridgehead atoms. The summed E-state index contributed by atoms with van der Waals surface area (Å²) in [4.78, 5) is 13.3. The van der Waals surface area contributed by atoms with Crippen LogP contribution in [-0.4, -0.2) is 38.3 Å². The van der Waals surface area contributed by atoms with E-state index in [-0.39, 0.29) is 18.4 Å². The summed E-state index contributed by atoms with van der Waals surface area (Å²) in [6.45, 7) is 1.73. The van der Waals surface area contributed by atoms with Crippen LogP contribution in [0, 0.1) is 0 Å². The maximum Gasteiger partial charge on any atom is 0.252 e. The van der Waals surface area contributed by atoms with Crippen molar-refractivity contribution in [3.63, 3.8) is 0 Å². The molecule has 1 aromatic heterocycles. The number of nitrogens with one attached hydrogen (secondary N) is 1. The van der Waals surface area contributed by atoms with Crippen LogP contribution in [0.1, 0.15) is 42.2 Å². The minimum atomic E-state index is -3.44. The number of ether oxygens (including phenoxy) is 1. The molecule has 1 N–H and O–H groups in total. The molecule has 2 aliphatic heterocycles. The van der Waals surface area contributed by atoms with Gasteiger partial charge in [0.1, 0.15) is 9.96 Å². The molecule has 150 valence electrons. The van der Waals surface area contributed by atoms with Gasteiger partial charge in [0.2, 0.25) is 5.91 Å². The molecule has 1 fully saturated rings. The van der Waals surface area contributed by atoms with E-state index in [1.807, 2.05) is 24.3 Å². The molecule has 2 aliphatic rings. The minimum absolute atomic E-state index is 0.0750. The Balaban J connectivity index is 1.41. The molecular weight excluding hydrogens is 396 g/mol. The van der Waals surface area contributed by atoms with Gasteiger partial charge in [0.25, 0.3) is 10.0 Å². The number of fused-ring (bicyclic) bond motifs is 1. The Hall–Kier alpha value is -1.90. The van der Waals surface area contributed by atoms with Crippen LogP contribution in [-0.2, 0) is 21.2 Å². The van der Waals surface area contributed by atoms with E-state index in [4.69, 9.17) is 4.74 Å². The van der Waals surface area contributed by atoms with Gasteiger partial charge in [-0.1, -0.05) is 24.6 Å². The summed E-state index contributed by atoms with van der Waals surface area (Å²) in [7, 11) is -3.44. The number of hydrogen-bond donors (Lipinski definition) is 1. The molecule has 1 aromatic carbocycles. The maximum atomic E-state index is 12.8. The highest BCUT2D eigenvalue weighted by atomic mass is 32.2. The third-order valence-corrected chi connectivity index (χ3v) is 8.63. The Kier molecular flexibility index (Phi) is 5.70. The Bertz CT molecular complexity index is 949. The zero-order valence-electron chi connectivity index (χ0n) is 15.6. The topological polar surface area (TPSA) is 75.7 Å². The first-order valence-corrected chi connectivity index (χ1v) is 11.9. The fourth-order valence-corrected chi connectivity index (χ4v) is 6.75. The highest BCUT2D eigenvalue weighted by Gasteiger charge is 2.28. The first kappa shape index (κ1) is 19.4. The number of sulfonamides is 1. The summed E-state index contributed by atoms with van der Waals surface area (Å²) < 4.78 is 33.0. The maximum absolute atomic E-state index is 12.8. The van der Waals surface area contributed by atoms with Crippen molar-refractivity contribution >= 4 is 27.3 Å². The molecule has 1 saturated heterocycles. The van der Waals surface area contributed by atoms with Crippen LogP contribution in [0.3, 0.4) is 0 Å². The lowest BCUT2D eigenvalue weighted by Gasteiger charge is -2.26. The fraction of sp³-hybridized carbons (Fsp3) is 0.450. The first-order valence-electron chi connectivity index (χ1n) is 9.64. The van der Waals surface area contributed by atoms with E-state index >= 15 is 0 Å². The van der Waals surface area contributed by atoms with E-state index in [0.29, 0.717) is 23.9 Å². The molecule has 0 radical (unpaired) electrons. The summed E-state index contributed by atoms with van der Waals surface area (Å²) in [5.41, 5.74) is 0.988. The number of hydrogen-bond acceptors (Lipinski definition) is 5. The Labute approximate surface area is 169 Å². The van der Waals surface area contributed by atoms with Crippen LogP contribution in [0.15, 0.2) is 40.6 Å². The Morgan fingerprint density at radius 2 is 1.93 bits per heavy atom. The van der Waals surface area contributed by atoms with Crippen molar-refractivity contribution in [2.45, 2.75) is 42.4 Å². The molecular formula is C20H24N2O4S2. The van der Waals surface area contributed by atoms with Crippen LogP contribution in [0.4, 0.5) is 0 Å². The molecule has 2 aromatic rings. The lowest BCUT2D eigenvalue weighted by molar-refractivity contribution is -0.121. The highest BCUT2D eigenvalue weighted by Crippen LogP contribution is 2.32. The first-order chi connectivity index (χ1) is 13.5. The highest BCUT2D eigenvalue weighted by molar-refractivity contribution is 7.91. The van der Waals surface area contributed by atoms with Crippen molar-refractivity contribution in [1.29, 1.82) is 0 Å². The molecule has 3 heterocycles. The van der Waals surface area contributed by atoms with Gasteiger partial charge >= 0.3 is 0 Å². The van der Waals surface area contributed by atoms with Gasteiger partial charge in [0.05, 0.1) is 19.1 Å². The van der Waals surface area contributed by atoms with E-state index in [0.717, 1.165) is 41.9 Å². The number of benzene rings is 1. The molecule has 6 nitrogen and oxygen atoms in total. The predicted octanol–water partition coefficient (Wildman–Crippen LogP) is 3.11. The zero-order chi connectivity index (χ0) is 19.6. The van der Waals surface area contributed by atoms with E-state index in [9.17, 15) is 13.2 Å². The van der Waals surface area contributed by atoms with Crippen LogP contribution in [0.25, 0.3) is 0 Å². The third-order valence-electron chi connectivity index (χ3n) is 5.17. The Morgan fingerprint density at radius 3 is 2.75 bits per heavy atom. The number of para-hydroxylation sites is 1. The monoisotopic (exact) mass is 420 g/mol. The van der Waals surface area contributed by atoms with Crippen molar-refractivity contribution in [3.8, 4) is 5.75 Å². The standard InChI is InChI=1S/C20H24N2O4S2/c23-19(21-17-10-13-26-18-7-3-2-6-16(17)18)14-15-8-9-20(27-15)28(24,25)22-11-4-1-5-12-22/h2-3,6-9,17H,1,4-5,10-14H2,(H,21,23)/t17-/m0/s1. The molecule has 0 spiro atoms. The number of nitrogens with zero attached hydrogens (tertiary/aromatic N) is 1. The van der Waals surface area contributed by atoms with E-state index < -0.39 is 10.0 Å². The third kappa shape index (κ3) is 4.09. The van der Waals surface area contributed by atoms with Gasteiger partial charge in [-0.2, -0.15) is 4.31 Å². The van der Waals surface area contributed by atoms with E-state index in [1.165, 1.54) is 11.3 Å². The van der Waals surface area contributed by atoms with Gasteiger partial charge in [-0.3, -0.25) is 4.79 Å². The lowest BCUT2D eigenvalue weighted by atomic mass is 10.0. The van der Waals surface area contributed by atoms with Gasteiger partial charge in [0, 0.05) is 30.0 Å². The smallest absolute Gasteiger partial charge is 0.252 e. The van der Waals surface area contributed by atoms with Gasteiger partial charge in [-0.25, -0.2) is 8.42 Å². The molecule has 1 atom stereocenters. The summed E-state index contributed by atoms with van der Waals surface area (Å²) in [6.07, 6.45) is 3.80. The predicted molar refractivity (Wildman–Crippen MR) is 108 cm³/mol. The fourth-order valence-electron chi connectivity index (χ4n) is 3.72. The van der Waals surface area contributed by atoms with Crippen molar-refractivity contribution in [2.75, 3.05) is 19.7 Å². The van der Waals surface area contributed by atoms with E-state index in [1.54, 1.807) is 16.4 Å². The zero-order valence-corrected chi connectivity index (χ0v) is 17.2. The largest absolute Gasteiger partial charge is 0.493 e. The van der Waals surface area contributed by atoms with Crippen LogP contribution in [0.5, 0.6) is 5.75 Å². The second-order valence-electron chi connectivity index (χ2n) is 7.16. The molecule has 8 heteroatoms. The normalized spacial score (nSPS) is 20.2. The summed E-state index contributed by atoms with van der Waals surface area (Å²) >= 11 is 1.19. The number of amides is 1. The van der Waals surface area contributed by atoms with Crippen molar-refractivity contribution in [3.05, 3.63) is 46.8 Å². The summed E-state index contributed by atoms with van der Waals surface area (Å²) in [6, 6.07) is 11.0. The minimum Gasteiger partial charge on any atom is -0.493 e. The van der Waals surface area contributed by atoms with Crippen molar-refractivity contribution in [1.82, 2.24) is 9.62 Å². The molecule has 1 amide bonds. The average Bonchev–Trinajstić information content (AvgIpc) is 3.18. The van der Waals surface area contributed by atoms with Gasteiger partial charge in [-0.15, -0.1) is 11.3 Å². The number of thiophene rings is 1. The molecule has 4 rings (SSSR count). The Morgan fingerprint density at radius 1 is 1.14 bits per heavy atom. The van der Waals surface area contributed by atoms with Gasteiger partial charge < -0.3 is 10.1 Å². The quantitative estimate of drug-likeness (QED) is 0.806. The lowest BCUT2D eigenvalue weighted by Crippen LogP contribution is -2.35. The number of piperidine rings is 1. The molecule has 0 saturated carbocycles. The number of carbonyl (C=O) groups excluding carboxylic acids is 1. The number of rotatable bonds is 5. The average molecular weight is 421 g/mol. The second-order valence-corrected chi connectivity index (χ2v) is 10.5. The summed E-state index contributed by atoms with van der Waals surface area (Å²) in [5.74, 6) is 0.704. The second kappa shape index (κ2) is 8.23. The van der Waals surface area contributed by atoms with Crippen LogP contribution < -0.4 is 10.1 Å². The SMILES string of the molecule is O=C(Cc1ccc(S(=O)(=O)N2CCCCC2)s1)N[C@H]1CCOc2ccccc21. The van der Waals surface area contributed by atoms with Gasteiger partial charge in [0.15, 0.2) is 0 Å². The van der Waals surface area contributed by atoms with Crippen LogP contribution in [0.2, 0.25) is 0 Å². The van der Waals surface area contributed by atoms with Crippen molar-refractivity contribution < 1.29 is 17.9 Å². The molecule has 0 unspecified atom stereocenters. The number of carbonyl (C=O) groups is 1. The van der Waals surface area contributed by atoms with Crippen molar-refractivity contribution in [2.24, 2.45) is 0 Å².